The molecular weight excluding hydrogens is 679 g/mol. The Balaban J connectivity index is 4.23. The van der Waals surface area contributed by atoms with E-state index in [-0.39, 0.29) is 13.0 Å². The van der Waals surface area contributed by atoms with Crippen LogP contribution in [-0.4, -0.2) is 66.3 Å². The number of phosphoric ester groups is 1. The Morgan fingerprint density at radius 3 is 1.63 bits per heavy atom. The first-order chi connectivity index (χ1) is 25.3. The molecule has 0 spiro atoms. The lowest BCUT2D eigenvalue weighted by molar-refractivity contribution is -0.154. The number of hydrogen-bond acceptors (Lipinski definition) is 8. The van der Waals surface area contributed by atoms with E-state index in [4.69, 9.17) is 23.6 Å². The number of esters is 1. The average Bonchev–Trinajstić information content (AvgIpc) is 3.13. The minimum atomic E-state index is -4.52. The van der Waals surface area contributed by atoms with E-state index in [1.807, 2.05) is 0 Å². The van der Waals surface area contributed by atoms with Gasteiger partial charge in [-0.3, -0.25) is 13.8 Å². The molecule has 0 amide bonds. The Labute approximate surface area is 316 Å². The molecule has 3 atom stereocenters. The second-order valence-corrected chi connectivity index (χ2v) is 14.4. The highest BCUT2D eigenvalue weighted by molar-refractivity contribution is 7.47. The number of rotatable bonds is 37. The quantitative estimate of drug-likeness (QED) is 0.0245. The van der Waals surface area contributed by atoms with Crippen LogP contribution < -0.4 is 0 Å². The van der Waals surface area contributed by atoms with Crippen LogP contribution in [0, 0.1) is 0 Å². The van der Waals surface area contributed by atoms with Gasteiger partial charge >= 0.3 is 13.8 Å². The van der Waals surface area contributed by atoms with Crippen molar-refractivity contribution in [1.82, 2.24) is 0 Å². The number of carbonyl (C=O) groups excluding carboxylic acids is 1. The molecule has 0 aliphatic carbocycles. The van der Waals surface area contributed by atoms with E-state index >= 15 is 0 Å². The van der Waals surface area contributed by atoms with Crippen LogP contribution in [0.4, 0.5) is 0 Å². The third-order valence-electron chi connectivity index (χ3n) is 7.91. The number of unbranched alkanes of at least 4 members (excludes halogenated alkanes) is 11. The van der Waals surface area contributed by atoms with E-state index in [2.05, 4.69) is 86.8 Å². The maximum Gasteiger partial charge on any atom is 0.472 e. The Hall–Kier alpha value is -2.10. The van der Waals surface area contributed by atoms with Crippen molar-refractivity contribution in [3.8, 4) is 0 Å². The summed E-state index contributed by atoms with van der Waals surface area (Å²) in [5.41, 5.74) is 0. The first kappa shape index (κ1) is 49.9. The van der Waals surface area contributed by atoms with Crippen molar-refractivity contribution < 1.29 is 43.0 Å². The lowest BCUT2D eigenvalue weighted by Gasteiger charge is -2.20. The molecular formula is C42H73O9P. The van der Waals surface area contributed by atoms with Gasteiger partial charge in [0.2, 0.25) is 0 Å². The maximum atomic E-state index is 12.5. The summed E-state index contributed by atoms with van der Waals surface area (Å²) < 4.78 is 33.2. The largest absolute Gasteiger partial charge is 0.472 e. The number of allylic oxidation sites excluding steroid dienone is 12. The zero-order valence-corrected chi connectivity index (χ0v) is 33.4. The van der Waals surface area contributed by atoms with Crippen molar-refractivity contribution in [2.24, 2.45) is 0 Å². The minimum Gasteiger partial charge on any atom is -0.457 e. The number of ether oxygens (including phenoxy) is 2. The Bertz CT molecular complexity index is 1030. The van der Waals surface area contributed by atoms with Gasteiger partial charge in [-0.25, -0.2) is 4.57 Å². The van der Waals surface area contributed by atoms with Gasteiger partial charge in [-0.05, 0) is 64.2 Å². The van der Waals surface area contributed by atoms with Gasteiger partial charge in [-0.2, -0.15) is 0 Å². The van der Waals surface area contributed by atoms with E-state index in [1.165, 1.54) is 38.5 Å². The molecule has 9 nitrogen and oxygen atoms in total. The van der Waals surface area contributed by atoms with Crippen molar-refractivity contribution in [2.45, 2.75) is 154 Å². The smallest absolute Gasteiger partial charge is 0.457 e. The summed E-state index contributed by atoms with van der Waals surface area (Å²) in [6, 6.07) is 0. The van der Waals surface area contributed by atoms with Crippen LogP contribution in [0.5, 0.6) is 0 Å². The van der Waals surface area contributed by atoms with Gasteiger partial charge in [-0.1, -0.05) is 145 Å². The number of carbonyl (C=O) groups is 1. The molecule has 0 fully saturated rings. The van der Waals surface area contributed by atoms with Crippen LogP contribution in [0.1, 0.15) is 142 Å². The lowest BCUT2D eigenvalue weighted by Crippen LogP contribution is -2.29. The minimum absolute atomic E-state index is 0.0237. The molecule has 0 aromatic heterocycles. The van der Waals surface area contributed by atoms with Crippen molar-refractivity contribution in [3.05, 3.63) is 72.9 Å². The van der Waals surface area contributed by atoms with E-state index in [9.17, 15) is 19.4 Å². The second-order valence-electron chi connectivity index (χ2n) is 12.9. The Morgan fingerprint density at radius 1 is 0.615 bits per heavy atom. The highest BCUT2D eigenvalue weighted by atomic mass is 31.2. The Morgan fingerprint density at radius 2 is 1.10 bits per heavy atom. The molecule has 0 saturated heterocycles. The first-order valence-electron chi connectivity index (χ1n) is 19.9. The molecule has 52 heavy (non-hydrogen) atoms. The highest BCUT2D eigenvalue weighted by Gasteiger charge is 2.26. The van der Waals surface area contributed by atoms with Crippen molar-refractivity contribution in [1.29, 1.82) is 0 Å². The summed E-state index contributed by atoms with van der Waals surface area (Å²) in [7, 11) is -4.52. The summed E-state index contributed by atoms with van der Waals surface area (Å²) in [5, 5.41) is 18.3. The number of aliphatic hydroxyl groups is 2. The molecule has 10 heteroatoms. The predicted octanol–water partition coefficient (Wildman–Crippen LogP) is 10.6. The number of aliphatic hydroxyl groups excluding tert-OH is 2. The maximum absolute atomic E-state index is 12.5. The molecule has 0 rings (SSSR count). The zero-order valence-electron chi connectivity index (χ0n) is 32.5. The normalized spacial score (nSPS) is 14.9. The van der Waals surface area contributed by atoms with Crippen LogP contribution in [-0.2, 0) is 27.9 Å². The second kappa shape index (κ2) is 38.6. The van der Waals surface area contributed by atoms with Gasteiger partial charge in [0.15, 0.2) is 0 Å². The third-order valence-corrected chi connectivity index (χ3v) is 8.86. The fourth-order valence-corrected chi connectivity index (χ4v) is 5.68. The topological polar surface area (TPSA) is 132 Å². The molecule has 0 heterocycles. The van der Waals surface area contributed by atoms with Gasteiger partial charge < -0.3 is 24.6 Å². The first-order valence-corrected chi connectivity index (χ1v) is 21.4. The molecule has 300 valence electrons. The van der Waals surface area contributed by atoms with Crippen LogP contribution in [0.15, 0.2) is 72.9 Å². The molecule has 3 N–H and O–H groups in total. The predicted molar refractivity (Wildman–Crippen MR) is 214 cm³/mol. The van der Waals surface area contributed by atoms with Gasteiger partial charge in [0, 0.05) is 13.0 Å². The van der Waals surface area contributed by atoms with Gasteiger partial charge in [0.25, 0.3) is 0 Å². The fraction of sp³-hybridized carbons (Fsp3) is 0.690. The number of hydrogen-bond donors (Lipinski definition) is 3. The summed E-state index contributed by atoms with van der Waals surface area (Å²) in [4.78, 5) is 22.4. The number of phosphoric acid groups is 1. The molecule has 3 unspecified atom stereocenters. The van der Waals surface area contributed by atoms with Crippen LogP contribution in [0.3, 0.4) is 0 Å². The summed E-state index contributed by atoms with van der Waals surface area (Å²) in [6.45, 7) is 3.27. The fourth-order valence-electron chi connectivity index (χ4n) is 4.89. The molecule has 0 radical (unpaired) electrons. The monoisotopic (exact) mass is 752 g/mol. The molecule has 0 bridgehead atoms. The molecule has 0 aromatic carbocycles. The van der Waals surface area contributed by atoms with E-state index in [1.54, 1.807) is 0 Å². The third kappa shape index (κ3) is 37.7. The van der Waals surface area contributed by atoms with Gasteiger partial charge in [-0.15, -0.1) is 0 Å². The average molecular weight is 753 g/mol. The summed E-state index contributed by atoms with van der Waals surface area (Å²) >= 11 is 0. The van der Waals surface area contributed by atoms with Crippen LogP contribution in [0.2, 0.25) is 0 Å². The van der Waals surface area contributed by atoms with Crippen LogP contribution in [0.25, 0.3) is 0 Å². The van der Waals surface area contributed by atoms with Gasteiger partial charge in [0.05, 0.1) is 26.4 Å². The SMILES string of the molecule is CC/C=C\C/C=C\C/C=C\C/C=C\C/C=C\C/C=C\CCCCCOCC(COP(=O)(O)OCC(O)CO)OC(=O)CCCCCCCCCCC. The van der Waals surface area contributed by atoms with Crippen molar-refractivity contribution in [2.75, 3.05) is 33.0 Å². The van der Waals surface area contributed by atoms with Crippen molar-refractivity contribution >= 4 is 13.8 Å². The molecule has 0 aliphatic rings. The van der Waals surface area contributed by atoms with E-state index in [0.29, 0.717) is 6.61 Å². The zero-order chi connectivity index (χ0) is 38.2. The molecule has 0 saturated carbocycles. The van der Waals surface area contributed by atoms with E-state index < -0.39 is 45.8 Å². The standard InChI is InChI=1S/C42H73O9P/c1-3-5-7-9-11-13-14-15-16-17-18-19-20-21-22-23-24-25-27-29-31-33-35-48-38-41(39-50-52(46,47)49-37-40(44)36-43)51-42(45)34-32-30-28-26-12-10-8-6-4-2/h5,7,11,13,15-16,18-19,21-22,24-25,40-41,43-44H,3-4,6,8-10,12,14,17,20,23,26-39H2,1-2H3,(H,46,47)/b7-5-,13-11-,16-15-,19-18-,22-21-,25-24-. The Kier molecular flexibility index (Phi) is 37.1. The van der Waals surface area contributed by atoms with Crippen molar-refractivity contribution in [3.63, 3.8) is 0 Å². The van der Waals surface area contributed by atoms with Crippen LogP contribution >= 0.6 is 7.82 Å². The van der Waals surface area contributed by atoms with E-state index in [0.717, 1.165) is 83.5 Å². The lowest BCUT2D eigenvalue weighted by atomic mass is 10.1. The summed E-state index contributed by atoms with van der Waals surface area (Å²) in [5.74, 6) is -0.402. The highest BCUT2D eigenvalue weighted by Crippen LogP contribution is 2.43. The summed E-state index contributed by atoms with van der Waals surface area (Å²) in [6.07, 6.45) is 44.4. The molecule has 0 aromatic rings. The van der Waals surface area contributed by atoms with Gasteiger partial charge in [0.1, 0.15) is 12.2 Å². The molecule has 0 aliphatic heterocycles.